The number of aliphatic hydroxyl groups excluding tert-OH is 1. The number of carboxylic acid groups (broad SMARTS) is 1. The highest BCUT2D eigenvalue weighted by atomic mass is 32.2. The standard InChI is InChI=1S/C16H23NO3S/c1-11(18)12(2)21-10-16(15(19)20,17-14-8-9-14)13-6-4-3-5-7-13/h3-7,11-12,14,17-18H,8-10H2,1-2H3,(H,19,20). The summed E-state index contributed by atoms with van der Waals surface area (Å²) in [7, 11) is 0. The van der Waals surface area contributed by atoms with E-state index in [4.69, 9.17) is 0 Å². The molecule has 1 saturated carbocycles. The molecule has 0 aromatic heterocycles. The molecule has 3 unspecified atom stereocenters. The fourth-order valence-electron chi connectivity index (χ4n) is 2.15. The molecule has 4 nitrogen and oxygen atoms in total. The van der Waals surface area contributed by atoms with Crippen molar-refractivity contribution in [2.75, 3.05) is 5.75 Å². The van der Waals surface area contributed by atoms with Gasteiger partial charge in [-0.2, -0.15) is 11.8 Å². The van der Waals surface area contributed by atoms with Crippen LogP contribution in [0.15, 0.2) is 30.3 Å². The van der Waals surface area contributed by atoms with Gasteiger partial charge in [-0.3, -0.25) is 5.32 Å². The van der Waals surface area contributed by atoms with Gasteiger partial charge < -0.3 is 10.2 Å². The summed E-state index contributed by atoms with van der Waals surface area (Å²) in [5.41, 5.74) is -0.314. The number of rotatable bonds is 8. The molecule has 2 rings (SSSR count). The van der Waals surface area contributed by atoms with Crippen molar-refractivity contribution in [1.82, 2.24) is 5.32 Å². The summed E-state index contributed by atoms with van der Waals surface area (Å²) in [6.45, 7) is 3.65. The second kappa shape index (κ2) is 6.81. The van der Waals surface area contributed by atoms with Crippen molar-refractivity contribution >= 4 is 17.7 Å². The summed E-state index contributed by atoms with van der Waals surface area (Å²) in [6.07, 6.45) is 1.59. The van der Waals surface area contributed by atoms with E-state index < -0.39 is 17.6 Å². The maximum absolute atomic E-state index is 12.0. The van der Waals surface area contributed by atoms with Gasteiger partial charge in [-0.1, -0.05) is 37.3 Å². The first-order chi connectivity index (χ1) is 9.95. The summed E-state index contributed by atoms with van der Waals surface area (Å²) >= 11 is 1.49. The van der Waals surface area contributed by atoms with Crippen molar-refractivity contribution in [3.8, 4) is 0 Å². The zero-order valence-electron chi connectivity index (χ0n) is 12.5. The van der Waals surface area contributed by atoms with Crippen molar-refractivity contribution in [2.45, 2.75) is 49.6 Å². The highest BCUT2D eigenvalue weighted by Crippen LogP contribution is 2.33. The summed E-state index contributed by atoms with van der Waals surface area (Å²) < 4.78 is 0. The maximum Gasteiger partial charge on any atom is 0.329 e. The third-order valence-corrected chi connectivity index (χ3v) is 5.42. The number of aliphatic carboxylic acids is 1. The Morgan fingerprint density at radius 3 is 2.48 bits per heavy atom. The van der Waals surface area contributed by atoms with E-state index in [1.54, 1.807) is 6.92 Å². The number of carbonyl (C=O) groups is 1. The molecule has 1 aromatic rings. The van der Waals surface area contributed by atoms with E-state index in [0.717, 1.165) is 18.4 Å². The predicted molar refractivity (Wildman–Crippen MR) is 85.5 cm³/mol. The first kappa shape index (κ1) is 16.3. The van der Waals surface area contributed by atoms with Gasteiger partial charge >= 0.3 is 5.97 Å². The van der Waals surface area contributed by atoms with Crippen LogP contribution in [0.1, 0.15) is 32.3 Å². The molecule has 0 radical (unpaired) electrons. The van der Waals surface area contributed by atoms with Crippen molar-refractivity contribution < 1.29 is 15.0 Å². The molecule has 3 N–H and O–H groups in total. The van der Waals surface area contributed by atoms with E-state index >= 15 is 0 Å². The summed E-state index contributed by atoms with van der Waals surface area (Å²) in [6, 6.07) is 9.62. The molecule has 5 heteroatoms. The average molecular weight is 309 g/mol. The lowest BCUT2D eigenvalue weighted by Crippen LogP contribution is -2.52. The van der Waals surface area contributed by atoms with E-state index in [9.17, 15) is 15.0 Å². The van der Waals surface area contributed by atoms with Gasteiger partial charge in [0.2, 0.25) is 0 Å². The van der Waals surface area contributed by atoms with Gasteiger partial charge in [0.15, 0.2) is 5.54 Å². The number of hydrogen-bond donors (Lipinski definition) is 3. The smallest absolute Gasteiger partial charge is 0.329 e. The molecule has 0 saturated heterocycles. The van der Waals surface area contributed by atoms with Gasteiger partial charge in [-0.15, -0.1) is 0 Å². The van der Waals surface area contributed by atoms with Crippen LogP contribution in [-0.2, 0) is 10.3 Å². The Bertz CT molecular complexity index is 476. The van der Waals surface area contributed by atoms with Crippen molar-refractivity contribution in [2.24, 2.45) is 0 Å². The SMILES string of the molecule is CC(O)C(C)SCC(NC1CC1)(C(=O)O)c1ccccc1. The minimum Gasteiger partial charge on any atom is -0.480 e. The van der Waals surface area contributed by atoms with E-state index in [2.05, 4.69) is 5.32 Å². The van der Waals surface area contributed by atoms with E-state index in [1.165, 1.54) is 11.8 Å². The minimum absolute atomic E-state index is 0.00607. The molecule has 1 aromatic carbocycles. The molecule has 1 aliphatic rings. The van der Waals surface area contributed by atoms with Gasteiger partial charge in [-0.25, -0.2) is 4.79 Å². The van der Waals surface area contributed by atoms with E-state index in [0.29, 0.717) is 5.75 Å². The monoisotopic (exact) mass is 309 g/mol. The number of benzene rings is 1. The normalized spacial score (nSPS) is 20.5. The van der Waals surface area contributed by atoms with Crippen molar-refractivity contribution in [3.05, 3.63) is 35.9 Å². The largest absolute Gasteiger partial charge is 0.480 e. The van der Waals surface area contributed by atoms with Crippen LogP contribution < -0.4 is 5.32 Å². The van der Waals surface area contributed by atoms with Crippen molar-refractivity contribution in [1.29, 1.82) is 0 Å². The Balaban J connectivity index is 2.25. The molecule has 116 valence electrons. The molecule has 0 amide bonds. The topological polar surface area (TPSA) is 69.6 Å². The van der Waals surface area contributed by atoms with Crippen molar-refractivity contribution in [3.63, 3.8) is 0 Å². The lowest BCUT2D eigenvalue weighted by molar-refractivity contribution is -0.144. The van der Waals surface area contributed by atoms with Crippen LogP contribution in [0.2, 0.25) is 0 Å². The fraction of sp³-hybridized carbons (Fsp3) is 0.562. The first-order valence-electron chi connectivity index (χ1n) is 7.32. The Morgan fingerprint density at radius 2 is 2.00 bits per heavy atom. The summed E-state index contributed by atoms with van der Waals surface area (Å²) in [5, 5.41) is 22.8. The molecule has 0 heterocycles. The average Bonchev–Trinajstić information content (AvgIpc) is 3.27. The lowest BCUT2D eigenvalue weighted by Gasteiger charge is -2.32. The fourth-order valence-corrected chi connectivity index (χ4v) is 3.31. The van der Waals surface area contributed by atoms with Gasteiger partial charge in [0.1, 0.15) is 0 Å². The molecule has 0 spiro atoms. The maximum atomic E-state index is 12.0. The minimum atomic E-state index is -1.09. The van der Waals surface area contributed by atoms with Crippen LogP contribution in [0.3, 0.4) is 0 Å². The number of aliphatic hydroxyl groups is 1. The Labute approximate surface area is 129 Å². The zero-order valence-corrected chi connectivity index (χ0v) is 13.3. The van der Waals surface area contributed by atoms with Crippen LogP contribution in [0.4, 0.5) is 0 Å². The second-order valence-corrected chi connectivity index (χ2v) is 7.12. The van der Waals surface area contributed by atoms with E-state index in [-0.39, 0.29) is 11.3 Å². The molecular weight excluding hydrogens is 286 g/mol. The van der Waals surface area contributed by atoms with E-state index in [1.807, 2.05) is 37.3 Å². The third-order valence-electron chi connectivity index (χ3n) is 3.90. The quantitative estimate of drug-likeness (QED) is 0.687. The second-order valence-electron chi connectivity index (χ2n) is 5.75. The Kier molecular flexibility index (Phi) is 5.30. The lowest BCUT2D eigenvalue weighted by atomic mass is 9.91. The number of hydrogen-bond acceptors (Lipinski definition) is 4. The molecule has 21 heavy (non-hydrogen) atoms. The third kappa shape index (κ3) is 3.99. The number of carboxylic acids is 1. The summed E-state index contributed by atoms with van der Waals surface area (Å²) in [4.78, 5) is 12.0. The van der Waals surface area contributed by atoms with Crippen LogP contribution in [0, 0.1) is 0 Å². The van der Waals surface area contributed by atoms with Gasteiger partial charge in [0.25, 0.3) is 0 Å². The molecule has 1 aliphatic carbocycles. The molecule has 1 fully saturated rings. The number of thioether (sulfide) groups is 1. The van der Waals surface area contributed by atoms with Crippen LogP contribution in [-0.4, -0.2) is 39.3 Å². The molecule has 3 atom stereocenters. The molecule has 0 aliphatic heterocycles. The van der Waals surface area contributed by atoms with Crippen LogP contribution >= 0.6 is 11.8 Å². The van der Waals surface area contributed by atoms with Gasteiger partial charge in [0.05, 0.1) is 6.10 Å². The van der Waals surface area contributed by atoms with Gasteiger partial charge in [0, 0.05) is 17.0 Å². The Hall–Kier alpha value is -1.04. The summed E-state index contributed by atoms with van der Waals surface area (Å²) in [5.74, 6) is -0.458. The molecular formula is C16H23NO3S. The van der Waals surface area contributed by atoms with Crippen LogP contribution in [0.5, 0.6) is 0 Å². The molecule has 0 bridgehead atoms. The zero-order chi connectivity index (χ0) is 15.5. The van der Waals surface area contributed by atoms with Gasteiger partial charge in [-0.05, 0) is 25.3 Å². The number of nitrogens with one attached hydrogen (secondary N) is 1. The first-order valence-corrected chi connectivity index (χ1v) is 8.37. The Morgan fingerprint density at radius 1 is 1.38 bits per heavy atom. The van der Waals surface area contributed by atoms with Crippen LogP contribution in [0.25, 0.3) is 0 Å². The highest BCUT2D eigenvalue weighted by Gasteiger charge is 2.44. The predicted octanol–water partition coefficient (Wildman–Crippen LogP) is 2.22. The highest BCUT2D eigenvalue weighted by molar-refractivity contribution is 8.00.